The Morgan fingerprint density at radius 1 is 1.32 bits per heavy atom. The highest BCUT2D eigenvalue weighted by molar-refractivity contribution is 5.77. The Labute approximate surface area is 130 Å². The molecule has 7 heteroatoms. The van der Waals surface area contributed by atoms with Gasteiger partial charge in [0.15, 0.2) is 0 Å². The molecule has 7 nitrogen and oxygen atoms in total. The standard InChI is InChI=1S/C15H24N6O/c22-15(8-12-5-6-16-17-12)21-7-1-2-13(21)9-20-10-14(18-19-20)11-3-4-11/h10-13,16-17H,1-9H2/t12?,13-/m0/s1. The molecule has 22 heavy (non-hydrogen) atoms. The van der Waals surface area contributed by atoms with Crippen molar-refractivity contribution >= 4 is 5.91 Å². The van der Waals surface area contributed by atoms with E-state index in [4.69, 9.17) is 0 Å². The van der Waals surface area contributed by atoms with E-state index in [1.165, 1.54) is 12.8 Å². The summed E-state index contributed by atoms with van der Waals surface area (Å²) in [6.45, 7) is 2.61. The van der Waals surface area contributed by atoms with Crippen LogP contribution < -0.4 is 10.9 Å². The lowest BCUT2D eigenvalue weighted by Gasteiger charge is -2.25. The molecule has 1 aliphatic carbocycles. The molecule has 3 fully saturated rings. The van der Waals surface area contributed by atoms with Crippen LogP contribution in [-0.2, 0) is 11.3 Å². The first kappa shape index (κ1) is 14.1. The molecule has 120 valence electrons. The number of nitrogens with zero attached hydrogens (tertiary/aromatic N) is 4. The zero-order valence-electron chi connectivity index (χ0n) is 12.9. The molecule has 4 rings (SSSR count). The van der Waals surface area contributed by atoms with Gasteiger partial charge in [-0.2, -0.15) is 0 Å². The van der Waals surface area contributed by atoms with Gasteiger partial charge in [-0.3, -0.25) is 20.3 Å². The number of hydrogen-bond acceptors (Lipinski definition) is 5. The quantitative estimate of drug-likeness (QED) is 0.824. The van der Waals surface area contributed by atoms with Gasteiger partial charge in [0.25, 0.3) is 0 Å². The second-order valence-electron chi connectivity index (χ2n) is 6.78. The molecular weight excluding hydrogens is 280 g/mol. The normalized spacial score (nSPS) is 28.5. The van der Waals surface area contributed by atoms with Crippen molar-refractivity contribution in [3.8, 4) is 0 Å². The number of hydrogen-bond donors (Lipinski definition) is 2. The van der Waals surface area contributed by atoms with E-state index in [2.05, 4.69) is 32.3 Å². The van der Waals surface area contributed by atoms with E-state index >= 15 is 0 Å². The topological polar surface area (TPSA) is 75.1 Å². The van der Waals surface area contributed by atoms with Gasteiger partial charge in [0.05, 0.1) is 18.3 Å². The van der Waals surface area contributed by atoms with Crippen molar-refractivity contribution in [1.82, 2.24) is 30.7 Å². The summed E-state index contributed by atoms with van der Waals surface area (Å²) in [6.07, 6.45) is 8.34. The molecule has 0 bridgehead atoms. The molecule has 0 spiro atoms. The van der Waals surface area contributed by atoms with Gasteiger partial charge in [-0.15, -0.1) is 5.10 Å². The summed E-state index contributed by atoms with van der Waals surface area (Å²) in [5.41, 5.74) is 7.39. The Morgan fingerprint density at radius 2 is 2.23 bits per heavy atom. The fraction of sp³-hybridized carbons (Fsp3) is 0.800. The Morgan fingerprint density at radius 3 is 3.00 bits per heavy atom. The highest BCUT2D eigenvalue weighted by Gasteiger charge is 2.32. The second-order valence-corrected chi connectivity index (χ2v) is 6.78. The first-order chi connectivity index (χ1) is 10.8. The summed E-state index contributed by atoms with van der Waals surface area (Å²) in [7, 11) is 0. The number of rotatable bonds is 5. The lowest BCUT2D eigenvalue weighted by Crippen LogP contribution is -2.41. The summed E-state index contributed by atoms with van der Waals surface area (Å²) in [6, 6.07) is 0.553. The van der Waals surface area contributed by atoms with Crippen LogP contribution in [0.5, 0.6) is 0 Å². The number of amides is 1. The number of nitrogens with one attached hydrogen (secondary N) is 2. The van der Waals surface area contributed by atoms with E-state index in [9.17, 15) is 4.79 Å². The van der Waals surface area contributed by atoms with Gasteiger partial charge < -0.3 is 4.90 Å². The molecule has 1 aromatic heterocycles. The lowest BCUT2D eigenvalue weighted by molar-refractivity contribution is -0.132. The molecule has 1 aromatic rings. The van der Waals surface area contributed by atoms with E-state index in [0.717, 1.165) is 44.6 Å². The van der Waals surface area contributed by atoms with Crippen molar-refractivity contribution in [3.63, 3.8) is 0 Å². The summed E-state index contributed by atoms with van der Waals surface area (Å²) in [5.74, 6) is 0.905. The van der Waals surface area contributed by atoms with E-state index in [0.29, 0.717) is 12.3 Å². The Hall–Kier alpha value is -1.47. The van der Waals surface area contributed by atoms with Gasteiger partial charge in [-0.1, -0.05) is 5.21 Å². The lowest BCUT2D eigenvalue weighted by atomic mass is 10.1. The third kappa shape index (κ3) is 3.01. The van der Waals surface area contributed by atoms with Crippen LogP contribution >= 0.6 is 0 Å². The SMILES string of the molecule is O=C(CC1CCNN1)N1CCC[C@H]1Cn1cc(C2CC2)nn1. The summed E-state index contributed by atoms with van der Waals surface area (Å²) >= 11 is 0. The van der Waals surface area contributed by atoms with Crippen LogP contribution in [0, 0.1) is 0 Å². The molecule has 2 aliphatic heterocycles. The van der Waals surface area contributed by atoms with Crippen LogP contribution in [0.4, 0.5) is 0 Å². The maximum atomic E-state index is 12.5. The number of likely N-dealkylation sites (tertiary alicyclic amines) is 1. The van der Waals surface area contributed by atoms with Crippen molar-refractivity contribution in [2.45, 2.75) is 63.1 Å². The third-order valence-corrected chi connectivity index (χ3v) is 4.99. The minimum absolute atomic E-state index is 0.270. The van der Waals surface area contributed by atoms with Gasteiger partial charge in [0.2, 0.25) is 5.91 Å². The number of hydrazine groups is 1. The molecule has 0 radical (unpaired) electrons. The fourth-order valence-electron chi connectivity index (χ4n) is 3.55. The van der Waals surface area contributed by atoms with Crippen LogP contribution in [0.25, 0.3) is 0 Å². The maximum absolute atomic E-state index is 12.5. The van der Waals surface area contributed by atoms with Gasteiger partial charge in [0, 0.05) is 37.7 Å². The Balaban J connectivity index is 1.36. The minimum Gasteiger partial charge on any atom is -0.338 e. The summed E-state index contributed by atoms with van der Waals surface area (Å²) < 4.78 is 1.93. The molecule has 0 aromatic carbocycles. The van der Waals surface area contributed by atoms with E-state index in [-0.39, 0.29) is 18.0 Å². The molecule has 2 N–H and O–H groups in total. The van der Waals surface area contributed by atoms with Crippen LogP contribution in [0.1, 0.15) is 50.1 Å². The van der Waals surface area contributed by atoms with Crippen LogP contribution in [-0.4, -0.2) is 51.0 Å². The fourth-order valence-corrected chi connectivity index (χ4v) is 3.55. The maximum Gasteiger partial charge on any atom is 0.224 e. The van der Waals surface area contributed by atoms with E-state index in [1.54, 1.807) is 0 Å². The predicted octanol–water partition coefficient (Wildman–Crippen LogP) is 0.403. The van der Waals surface area contributed by atoms with Crippen LogP contribution in [0.2, 0.25) is 0 Å². The first-order valence-corrected chi connectivity index (χ1v) is 8.47. The molecule has 1 unspecified atom stereocenters. The van der Waals surface area contributed by atoms with Gasteiger partial charge >= 0.3 is 0 Å². The van der Waals surface area contributed by atoms with Crippen LogP contribution in [0.15, 0.2) is 6.20 Å². The number of carbonyl (C=O) groups excluding carboxylic acids is 1. The highest BCUT2D eigenvalue weighted by Crippen LogP contribution is 2.38. The molecular formula is C15H24N6O. The molecule has 2 saturated heterocycles. The monoisotopic (exact) mass is 304 g/mol. The Kier molecular flexibility index (Phi) is 3.83. The van der Waals surface area contributed by atoms with Crippen molar-refractivity contribution in [2.75, 3.05) is 13.1 Å². The van der Waals surface area contributed by atoms with Crippen LogP contribution in [0.3, 0.4) is 0 Å². The van der Waals surface area contributed by atoms with Gasteiger partial charge in [0.1, 0.15) is 0 Å². The number of aromatic nitrogens is 3. The second kappa shape index (κ2) is 5.96. The first-order valence-electron chi connectivity index (χ1n) is 8.47. The average Bonchev–Trinajstić information content (AvgIpc) is 2.95. The molecule has 2 atom stereocenters. The molecule has 1 saturated carbocycles. The summed E-state index contributed by atoms with van der Waals surface area (Å²) in [4.78, 5) is 14.6. The highest BCUT2D eigenvalue weighted by atomic mass is 16.2. The average molecular weight is 304 g/mol. The minimum atomic E-state index is 0.270. The molecule has 3 aliphatic rings. The predicted molar refractivity (Wildman–Crippen MR) is 80.9 cm³/mol. The van der Waals surface area contributed by atoms with Crippen molar-refractivity contribution in [2.24, 2.45) is 0 Å². The van der Waals surface area contributed by atoms with Crippen molar-refractivity contribution < 1.29 is 4.79 Å². The molecule has 1 amide bonds. The smallest absolute Gasteiger partial charge is 0.224 e. The third-order valence-electron chi connectivity index (χ3n) is 4.99. The van der Waals surface area contributed by atoms with E-state index < -0.39 is 0 Å². The van der Waals surface area contributed by atoms with Gasteiger partial charge in [-0.05, 0) is 32.1 Å². The largest absolute Gasteiger partial charge is 0.338 e. The van der Waals surface area contributed by atoms with Gasteiger partial charge in [-0.25, -0.2) is 0 Å². The van der Waals surface area contributed by atoms with Crippen molar-refractivity contribution in [3.05, 3.63) is 11.9 Å². The zero-order valence-corrected chi connectivity index (χ0v) is 12.9. The summed E-state index contributed by atoms with van der Waals surface area (Å²) in [5, 5.41) is 8.51. The zero-order chi connectivity index (χ0) is 14.9. The number of carbonyl (C=O) groups is 1. The van der Waals surface area contributed by atoms with E-state index in [1.807, 2.05) is 4.68 Å². The molecule has 3 heterocycles. The Bertz CT molecular complexity index is 534. The van der Waals surface area contributed by atoms with Crippen molar-refractivity contribution in [1.29, 1.82) is 0 Å².